The molecular formula is C30H42N2O3. The number of hydrogen-bond donors (Lipinski definition) is 2. The molecule has 1 spiro atoms. The Bertz CT molecular complexity index is 1050. The summed E-state index contributed by atoms with van der Waals surface area (Å²) < 4.78 is 0. The van der Waals surface area contributed by atoms with Crippen LogP contribution in [0.1, 0.15) is 89.2 Å². The van der Waals surface area contributed by atoms with Gasteiger partial charge < -0.3 is 15.3 Å². The lowest BCUT2D eigenvalue weighted by Crippen LogP contribution is -2.76. The molecular weight excluding hydrogens is 436 g/mol. The zero-order valence-corrected chi connectivity index (χ0v) is 21.9. The van der Waals surface area contributed by atoms with Gasteiger partial charge in [0.2, 0.25) is 11.8 Å². The second-order valence-electron chi connectivity index (χ2n) is 13.6. The van der Waals surface area contributed by atoms with Gasteiger partial charge in [0.1, 0.15) is 6.04 Å². The molecule has 4 saturated carbocycles. The number of nitrogens with one attached hydrogen (secondary N) is 1. The Kier molecular flexibility index (Phi) is 5.08. The van der Waals surface area contributed by atoms with E-state index in [1.54, 1.807) is 0 Å². The zero-order valence-electron chi connectivity index (χ0n) is 21.9. The van der Waals surface area contributed by atoms with E-state index < -0.39 is 11.6 Å². The van der Waals surface area contributed by atoms with Gasteiger partial charge in [-0.2, -0.15) is 0 Å². The lowest BCUT2D eigenvalue weighted by Gasteiger charge is -2.76. The second kappa shape index (κ2) is 7.57. The summed E-state index contributed by atoms with van der Waals surface area (Å²) in [6.07, 6.45) is 7.20. The molecule has 5 fully saturated rings. The number of carbonyl (C=O) groups excluding carboxylic acids is 2. The minimum atomic E-state index is -0.507. The molecule has 5 heteroatoms. The summed E-state index contributed by atoms with van der Waals surface area (Å²) in [5.41, 5.74) is 2.08. The predicted molar refractivity (Wildman–Crippen MR) is 136 cm³/mol. The number of amides is 2. The lowest BCUT2D eigenvalue weighted by molar-refractivity contribution is -0.328. The van der Waals surface area contributed by atoms with Crippen LogP contribution in [0.5, 0.6) is 0 Å². The SMILES string of the molecule is CC[C@@H](NC(=O)CC12CC3CC4(O)CC(C1)C42C3)C(=O)N1CCC(c2ccc(C)cc2)C(C)(C)C1. The van der Waals surface area contributed by atoms with Crippen molar-refractivity contribution in [3.63, 3.8) is 0 Å². The highest BCUT2D eigenvalue weighted by atomic mass is 16.3. The van der Waals surface area contributed by atoms with Gasteiger partial charge in [0.25, 0.3) is 0 Å². The maximum Gasteiger partial charge on any atom is 0.245 e. The van der Waals surface area contributed by atoms with Crippen LogP contribution in [0, 0.1) is 35.0 Å². The van der Waals surface area contributed by atoms with E-state index in [0.29, 0.717) is 37.1 Å². The van der Waals surface area contributed by atoms with E-state index in [-0.39, 0.29) is 28.1 Å². The molecule has 35 heavy (non-hydrogen) atoms. The first-order valence-corrected chi connectivity index (χ1v) is 13.9. The van der Waals surface area contributed by atoms with Crippen molar-refractivity contribution < 1.29 is 14.7 Å². The first-order valence-electron chi connectivity index (χ1n) is 13.9. The number of nitrogens with zero attached hydrogens (tertiary/aromatic N) is 1. The van der Waals surface area contributed by atoms with Crippen LogP contribution in [0.2, 0.25) is 0 Å². The number of rotatable bonds is 6. The monoisotopic (exact) mass is 478 g/mol. The minimum absolute atomic E-state index is 0.00799. The number of carbonyl (C=O) groups is 2. The minimum Gasteiger partial charge on any atom is -0.389 e. The van der Waals surface area contributed by atoms with Crippen LogP contribution in [0.4, 0.5) is 0 Å². The van der Waals surface area contributed by atoms with Crippen LogP contribution in [0.15, 0.2) is 24.3 Å². The maximum absolute atomic E-state index is 13.5. The first-order chi connectivity index (χ1) is 16.5. The van der Waals surface area contributed by atoms with E-state index in [4.69, 9.17) is 0 Å². The molecule has 0 aromatic heterocycles. The normalized spacial score (nSPS) is 40.9. The molecule has 6 rings (SSSR count). The van der Waals surface area contributed by atoms with Crippen LogP contribution in [-0.2, 0) is 9.59 Å². The number of fused-ring (bicyclic) bond motifs is 1. The Hall–Kier alpha value is -1.88. The van der Waals surface area contributed by atoms with E-state index in [1.807, 2.05) is 11.8 Å². The molecule has 1 aromatic carbocycles. The molecule has 1 aliphatic heterocycles. The molecule has 1 aromatic rings. The summed E-state index contributed by atoms with van der Waals surface area (Å²) in [6, 6.07) is 8.36. The molecule has 5 aliphatic rings. The van der Waals surface area contributed by atoms with Crippen molar-refractivity contribution in [2.75, 3.05) is 13.1 Å². The van der Waals surface area contributed by atoms with Crippen molar-refractivity contribution in [1.82, 2.24) is 10.2 Å². The van der Waals surface area contributed by atoms with Crippen molar-refractivity contribution in [1.29, 1.82) is 0 Å². The van der Waals surface area contributed by atoms with E-state index in [0.717, 1.165) is 45.1 Å². The van der Waals surface area contributed by atoms with Crippen LogP contribution in [-0.4, -0.2) is 46.6 Å². The van der Waals surface area contributed by atoms with E-state index >= 15 is 0 Å². The van der Waals surface area contributed by atoms with Gasteiger partial charge in [0.15, 0.2) is 0 Å². The fourth-order valence-corrected chi connectivity index (χ4v) is 9.89. The smallest absolute Gasteiger partial charge is 0.245 e. The van der Waals surface area contributed by atoms with Crippen LogP contribution < -0.4 is 5.32 Å². The van der Waals surface area contributed by atoms with Crippen molar-refractivity contribution in [2.45, 2.75) is 96.6 Å². The molecule has 0 radical (unpaired) electrons. The van der Waals surface area contributed by atoms with Crippen LogP contribution in [0.25, 0.3) is 0 Å². The molecule has 4 aliphatic carbocycles. The summed E-state index contributed by atoms with van der Waals surface area (Å²) in [5.74, 6) is 1.69. The van der Waals surface area contributed by atoms with Gasteiger partial charge in [-0.25, -0.2) is 0 Å². The van der Waals surface area contributed by atoms with Gasteiger partial charge in [0.05, 0.1) is 5.60 Å². The molecule has 2 N–H and O–H groups in total. The van der Waals surface area contributed by atoms with E-state index in [9.17, 15) is 14.7 Å². The number of likely N-dealkylation sites (tertiary alicyclic amines) is 1. The largest absolute Gasteiger partial charge is 0.389 e. The zero-order chi connectivity index (χ0) is 24.8. The van der Waals surface area contributed by atoms with Gasteiger partial charge in [-0.05, 0) is 86.0 Å². The Morgan fingerprint density at radius 1 is 1.11 bits per heavy atom. The summed E-state index contributed by atoms with van der Waals surface area (Å²) in [6.45, 7) is 10.1. The van der Waals surface area contributed by atoms with E-state index in [1.165, 1.54) is 11.1 Å². The third kappa shape index (κ3) is 3.15. The number of aryl methyl sites for hydroxylation is 1. The summed E-state index contributed by atoms with van der Waals surface area (Å²) in [7, 11) is 0. The Morgan fingerprint density at radius 2 is 1.86 bits per heavy atom. The Labute approximate surface area is 210 Å². The number of benzene rings is 1. The van der Waals surface area contributed by atoms with Crippen molar-refractivity contribution in [3.8, 4) is 0 Å². The fourth-order valence-electron chi connectivity index (χ4n) is 9.89. The van der Waals surface area contributed by atoms with Gasteiger partial charge >= 0.3 is 0 Å². The molecule has 190 valence electrons. The Balaban J connectivity index is 1.09. The predicted octanol–water partition coefficient (Wildman–Crippen LogP) is 4.56. The topological polar surface area (TPSA) is 69.6 Å². The van der Waals surface area contributed by atoms with Gasteiger partial charge in [-0.1, -0.05) is 50.6 Å². The van der Waals surface area contributed by atoms with Crippen LogP contribution in [0.3, 0.4) is 0 Å². The standard InChI is InChI=1S/C30H42N2O3/c1-5-24(26(34)32-11-10-23(27(3,4)18-32)21-8-6-19(2)7-9-21)31-25(33)17-28-12-20-13-29(35)16-22(15-28)30(28,29)14-20/h6-9,20,22-24,35H,5,10-18H2,1-4H3,(H,31,33)/t20?,22?,23?,24-,28?,29?,30?/m1/s1. The lowest BCUT2D eigenvalue weighted by atomic mass is 9.29. The van der Waals surface area contributed by atoms with Crippen molar-refractivity contribution in [3.05, 3.63) is 35.4 Å². The third-order valence-electron chi connectivity index (χ3n) is 11.2. The van der Waals surface area contributed by atoms with E-state index in [2.05, 4.69) is 50.4 Å². The quantitative estimate of drug-likeness (QED) is 0.630. The number of aliphatic hydroxyl groups is 1. The van der Waals surface area contributed by atoms with Gasteiger partial charge in [0, 0.05) is 24.9 Å². The summed E-state index contributed by atoms with van der Waals surface area (Å²) >= 11 is 0. The molecule has 1 saturated heterocycles. The fraction of sp³-hybridized carbons (Fsp3) is 0.733. The summed E-state index contributed by atoms with van der Waals surface area (Å²) in [5, 5.41) is 14.3. The molecule has 2 bridgehead atoms. The maximum atomic E-state index is 13.5. The second-order valence-corrected chi connectivity index (χ2v) is 13.6. The van der Waals surface area contributed by atoms with Crippen LogP contribution >= 0.6 is 0 Å². The molecule has 6 unspecified atom stereocenters. The Morgan fingerprint density at radius 3 is 2.49 bits per heavy atom. The highest BCUT2D eigenvalue weighted by Crippen LogP contribution is 2.88. The average Bonchev–Trinajstić information content (AvgIpc) is 3.22. The number of piperidine rings is 1. The van der Waals surface area contributed by atoms with Gasteiger partial charge in [-0.3, -0.25) is 9.59 Å². The van der Waals surface area contributed by atoms with Gasteiger partial charge in [-0.15, -0.1) is 0 Å². The first kappa shape index (κ1) is 23.5. The highest BCUT2D eigenvalue weighted by molar-refractivity contribution is 5.88. The highest BCUT2D eigenvalue weighted by Gasteiger charge is 2.86. The average molecular weight is 479 g/mol. The molecule has 2 amide bonds. The number of hydrogen-bond acceptors (Lipinski definition) is 3. The van der Waals surface area contributed by atoms with Crippen molar-refractivity contribution in [2.24, 2.45) is 28.1 Å². The molecule has 5 nitrogen and oxygen atoms in total. The third-order valence-corrected chi connectivity index (χ3v) is 11.2. The summed E-state index contributed by atoms with van der Waals surface area (Å²) in [4.78, 5) is 28.8. The van der Waals surface area contributed by atoms with Crippen molar-refractivity contribution >= 4 is 11.8 Å². The molecule has 1 heterocycles. The molecule has 7 atom stereocenters.